The molecule has 0 spiro atoms. The maximum Gasteiger partial charge on any atom is 0.174 e. The summed E-state index contributed by atoms with van der Waals surface area (Å²) in [5.74, 6) is 1.27. The molecule has 0 amide bonds. The van der Waals surface area contributed by atoms with Crippen LogP contribution in [0.4, 0.5) is 0 Å². The smallest absolute Gasteiger partial charge is 0.174 e. The van der Waals surface area contributed by atoms with Gasteiger partial charge < -0.3 is 14.6 Å². The van der Waals surface area contributed by atoms with Crippen LogP contribution in [0.15, 0.2) is 22.7 Å². The highest BCUT2D eigenvalue weighted by atomic mass is 35.5. The van der Waals surface area contributed by atoms with E-state index in [1.807, 2.05) is 19.1 Å². The van der Waals surface area contributed by atoms with E-state index < -0.39 is 0 Å². The fraction of sp³-hybridized carbons (Fsp3) is 0.400. The Labute approximate surface area is 134 Å². The van der Waals surface area contributed by atoms with Crippen LogP contribution in [-0.4, -0.2) is 11.2 Å². The molecule has 4 nitrogen and oxygen atoms in total. The predicted molar refractivity (Wildman–Crippen MR) is 84.0 cm³/mol. The third-order valence-corrected chi connectivity index (χ3v) is 3.32. The number of hydrogen-bond acceptors (Lipinski definition) is 4. The number of rotatable bonds is 6. The van der Waals surface area contributed by atoms with Crippen molar-refractivity contribution >= 4 is 23.2 Å². The molecule has 0 radical (unpaired) electrons. The average molecular weight is 329 g/mol. The number of aromatic nitrogens is 1. The monoisotopic (exact) mass is 328 g/mol. The SMILES string of the molecule is Cc1cc(COc2c(Cl)cc(Cl)cc2CNC(C)C)on1. The van der Waals surface area contributed by atoms with Gasteiger partial charge in [0.05, 0.1) is 10.7 Å². The van der Waals surface area contributed by atoms with Crippen molar-refractivity contribution in [1.29, 1.82) is 0 Å². The van der Waals surface area contributed by atoms with E-state index in [-0.39, 0.29) is 6.61 Å². The number of nitrogens with one attached hydrogen (secondary N) is 1. The number of halogens is 2. The Balaban J connectivity index is 2.15. The highest BCUT2D eigenvalue weighted by molar-refractivity contribution is 6.35. The van der Waals surface area contributed by atoms with E-state index in [1.165, 1.54) is 0 Å². The van der Waals surface area contributed by atoms with Crippen molar-refractivity contribution in [2.75, 3.05) is 0 Å². The Morgan fingerprint density at radius 3 is 2.67 bits per heavy atom. The first kappa shape index (κ1) is 16.1. The van der Waals surface area contributed by atoms with E-state index in [0.717, 1.165) is 11.3 Å². The minimum atomic E-state index is 0.275. The summed E-state index contributed by atoms with van der Waals surface area (Å²) in [5.41, 5.74) is 1.73. The van der Waals surface area contributed by atoms with Gasteiger partial charge in [-0.1, -0.05) is 42.2 Å². The summed E-state index contributed by atoms with van der Waals surface area (Å²) in [6.07, 6.45) is 0. The lowest BCUT2D eigenvalue weighted by molar-refractivity contribution is 0.246. The van der Waals surface area contributed by atoms with Crippen LogP contribution in [-0.2, 0) is 13.2 Å². The molecule has 0 fully saturated rings. The van der Waals surface area contributed by atoms with Crippen molar-refractivity contribution in [2.45, 2.75) is 40.0 Å². The lowest BCUT2D eigenvalue weighted by Gasteiger charge is -2.15. The summed E-state index contributed by atoms with van der Waals surface area (Å²) < 4.78 is 10.9. The molecule has 21 heavy (non-hydrogen) atoms. The lowest BCUT2D eigenvalue weighted by Crippen LogP contribution is -2.22. The average Bonchev–Trinajstić information content (AvgIpc) is 2.80. The lowest BCUT2D eigenvalue weighted by atomic mass is 10.2. The van der Waals surface area contributed by atoms with Gasteiger partial charge in [0, 0.05) is 29.2 Å². The molecule has 1 aromatic heterocycles. The maximum atomic E-state index is 6.24. The quantitative estimate of drug-likeness (QED) is 0.855. The van der Waals surface area contributed by atoms with Gasteiger partial charge in [0.2, 0.25) is 0 Å². The van der Waals surface area contributed by atoms with Crippen molar-refractivity contribution in [3.63, 3.8) is 0 Å². The van der Waals surface area contributed by atoms with E-state index in [2.05, 4.69) is 24.3 Å². The fourth-order valence-corrected chi connectivity index (χ4v) is 2.44. The topological polar surface area (TPSA) is 47.3 Å². The molecule has 1 aromatic carbocycles. The molecular formula is C15H18Cl2N2O2. The zero-order valence-corrected chi connectivity index (χ0v) is 13.8. The van der Waals surface area contributed by atoms with Gasteiger partial charge in [-0.15, -0.1) is 0 Å². The van der Waals surface area contributed by atoms with Crippen LogP contribution in [0.2, 0.25) is 10.0 Å². The number of aryl methyl sites for hydroxylation is 1. The first-order chi connectivity index (χ1) is 9.95. The standard InChI is InChI=1S/C15H18Cl2N2O2/c1-9(2)18-7-11-5-12(16)6-14(17)15(11)20-8-13-4-10(3)19-21-13/h4-6,9,18H,7-8H2,1-3H3. The molecule has 1 N–H and O–H groups in total. The summed E-state index contributed by atoms with van der Waals surface area (Å²) in [7, 11) is 0. The van der Waals surface area contributed by atoms with Gasteiger partial charge in [-0.3, -0.25) is 0 Å². The zero-order valence-electron chi connectivity index (χ0n) is 12.2. The predicted octanol–water partition coefficient (Wildman–Crippen LogP) is 4.37. The Morgan fingerprint density at radius 1 is 1.29 bits per heavy atom. The first-order valence-corrected chi connectivity index (χ1v) is 7.47. The van der Waals surface area contributed by atoms with Crippen LogP contribution in [0.25, 0.3) is 0 Å². The van der Waals surface area contributed by atoms with E-state index >= 15 is 0 Å². The third kappa shape index (κ3) is 4.63. The van der Waals surface area contributed by atoms with Gasteiger partial charge in [0.1, 0.15) is 12.4 Å². The van der Waals surface area contributed by atoms with Gasteiger partial charge in [0.15, 0.2) is 5.76 Å². The summed E-state index contributed by atoms with van der Waals surface area (Å²) in [6.45, 7) is 6.91. The normalized spacial score (nSPS) is 11.1. The number of nitrogens with zero attached hydrogens (tertiary/aromatic N) is 1. The minimum Gasteiger partial charge on any atom is -0.484 e. The van der Waals surface area contributed by atoms with Crippen LogP contribution >= 0.6 is 23.2 Å². The number of hydrogen-bond donors (Lipinski definition) is 1. The number of benzene rings is 1. The van der Waals surface area contributed by atoms with Crippen molar-refractivity contribution < 1.29 is 9.26 Å². The summed E-state index contributed by atoms with van der Waals surface area (Å²) in [4.78, 5) is 0. The molecule has 114 valence electrons. The van der Waals surface area contributed by atoms with Gasteiger partial charge in [0.25, 0.3) is 0 Å². The summed E-state index contributed by atoms with van der Waals surface area (Å²) >= 11 is 12.3. The van der Waals surface area contributed by atoms with Gasteiger partial charge in [-0.05, 0) is 19.1 Å². The van der Waals surface area contributed by atoms with Gasteiger partial charge >= 0.3 is 0 Å². The van der Waals surface area contributed by atoms with E-state index in [4.69, 9.17) is 32.5 Å². The van der Waals surface area contributed by atoms with Crippen molar-refractivity contribution in [3.8, 4) is 5.75 Å². The molecule has 0 atom stereocenters. The third-order valence-electron chi connectivity index (χ3n) is 2.82. The van der Waals surface area contributed by atoms with E-state index in [0.29, 0.717) is 34.1 Å². The molecule has 1 heterocycles. The Morgan fingerprint density at radius 2 is 2.05 bits per heavy atom. The highest BCUT2D eigenvalue weighted by Crippen LogP contribution is 2.33. The Kier molecular flexibility index (Phi) is 5.51. The highest BCUT2D eigenvalue weighted by Gasteiger charge is 2.12. The molecule has 2 aromatic rings. The van der Waals surface area contributed by atoms with Gasteiger partial charge in [-0.2, -0.15) is 0 Å². The molecule has 2 rings (SSSR count). The first-order valence-electron chi connectivity index (χ1n) is 6.72. The molecule has 6 heteroatoms. The van der Waals surface area contributed by atoms with Crippen molar-refractivity contribution in [2.24, 2.45) is 0 Å². The van der Waals surface area contributed by atoms with Crippen LogP contribution in [0.1, 0.15) is 30.9 Å². The van der Waals surface area contributed by atoms with Crippen LogP contribution < -0.4 is 10.1 Å². The molecule has 0 bridgehead atoms. The Hall–Kier alpha value is -1.23. The van der Waals surface area contributed by atoms with Crippen molar-refractivity contribution in [3.05, 3.63) is 45.3 Å². The van der Waals surface area contributed by atoms with Gasteiger partial charge in [-0.25, -0.2) is 0 Å². The second kappa shape index (κ2) is 7.16. The number of ether oxygens (including phenoxy) is 1. The second-order valence-corrected chi connectivity index (χ2v) is 5.98. The minimum absolute atomic E-state index is 0.275. The summed E-state index contributed by atoms with van der Waals surface area (Å²) in [6, 6.07) is 5.70. The molecule has 0 unspecified atom stereocenters. The molecule has 0 saturated heterocycles. The van der Waals surface area contributed by atoms with E-state index in [9.17, 15) is 0 Å². The van der Waals surface area contributed by atoms with Crippen LogP contribution in [0.5, 0.6) is 5.75 Å². The fourth-order valence-electron chi connectivity index (χ4n) is 1.85. The second-order valence-electron chi connectivity index (χ2n) is 5.13. The van der Waals surface area contributed by atoms with Crippen LogP contribution in [0, 0.1) is 6.92 Å². The zero-order chi connectivity index (χ0) is 15.4. The maximum absolute atomic E-state index is 6.24. The molecule has 0 aliphatic carbocycles. The molecular weight excluding hydrogens is 311 g/mol. The molecule has 0 aliphatic heterocycles. The molecule has 0 aliphatic rings. The van der Waals surface area contributed by atoms with E-state index in [1.54, 1.807) is 6.07 Å². The Bertz CT molecular complexity index is 612. The largest absolute Gasteiger partial charge is 0.484 e. The summed E-state index contributed by atoms with van der Waals surface area (Å²) in [5, 5.41) is 8.22. The van der Waals surface area contributed by atoms with Crippen molar-refractivity contribution in [1.82, 2.24) is 10.5 Å². The van der Waals surface area contributed by atoms with Crippen LogP contribution in [0.3, 0.4) is 0 Å². The molecule has 0 saturated carbocycles.